The molecule has 0 unspecified atom stereocenters. The molecule has 0 bridgehead atoms. The third kappa shape index (κ3) is 3.91. The number of aryl methyl sites for hydroxylation is 1. The fourth-order valence-corrected chi connectivity index (χ4v) is 4.80. The molecule has 2 amide bonds. The Hall–Kier alpha value is -3.74. The van der Waals surface area contributed by atoms with Crippen molar-refractivity contribution in [1.82, 2.24) is 4.57 Å². The van der Waals surface area contributed by atoms with Gasteiger partial charge < -0.3 is 18.9 Å². The van der Waals surface area contributed by atoms with Gasteiger partial charge in [-0.2, -0.15) is 0 Å². The predicted molar refractivity (Wildman–Crippen MR) is 132 cm³/mol. The maximum atomic E-state index is 13.4. The minimum atomic E-state index is -0.510. The van der Waals surface area contributed by atoms with Crippen molar-refractivity contribution >= 4 is 23.4 Å². The Kier molecular flexibility index (Phi) is 5.55. The molecular formula is C27H29N3O4. The van der Waals surface area contributed by atoms with Crippen LogP contribution in [0, 0.1) is 6.92 Å². The van der Waals surface area contributed by atoms with E-state index >= 15 is 0 Å². The van der Waals surface area contributed by atoms with E-state index in [2.05, 4.69) is 23.8 Å². The second-order valence-electron chi connectivity index (χ2n) is 9.08. The molecule has 0 N–H and O–H groups in total. The number of ether oxygens (including phenoxy) is 2. The predicted octanol–water partition coefficient (Wildman–Crippen LogP) is 5.57. The normalized spacial score (nSPS) is 17.4. The molecule has 0 radical (unpaired) electrons. The number of amides is 2. The molecule has 7 nitrogen and oxygen atoms in total. The lowest BCUT2D eigenvalue weighted by Gasteiger charge is -2.40. The topological polar surface area (TPSA) is 64.0 Å². The molecule has 2 aliphatic rings. The van der Waals surface area contributed by atoms with E-state index < -0.39 is 6.09 Å². The second kappa shape index (κ2) is 8.56. The van der Waals surface area contributed by atoms with E-state index in [1.54, 1.807) is 34.9 Å². The average molecular weight is 460 g/mol. The molecule has 176 valence electrons. The molecule has 1 fully saturated rings. The fourth-order valence-electron chi connectivity index (χ4n) is 4.80. The van der Waals surface area contributed by atoms with Crippen LogP contribution in [0.1, 0.15) is 38.4 Å². The molecule has 1 atom stereocenters. The van der Waals surface area contributed by atoms with E-state index in [4.69, 9.17) is 9.47 Å². The molecule has 2 heterocycles. The van der Waals surface area contributed by atoms with Crippen LogP contribution in [0.4, 0.5) is 16.2 Å². The van der Waals surface area contributed by atoms with E-state index in [9.17, 15) is 9.59 Å². The zero-order chi connectivity index (χ0) is 24.0. The number of carbonyl (C=O) groups is 2. The highest BCUT2D eigenvalue weighted by atomic mass is 16.6. The van der Waals surface area contributed by atoms with Gasteiger partial charge in [-0.05, 0) is 68.1 Å². The summed E-state index contributed by atoms with van der Waals surface area (Å²) in [5.41, 5.74) is 4.67. The van der Waals surface area contributed by atoms with Gasteiger partial charge in [0.2, 0.25) is 5.91 Å². The van der Waals surface area contributed by atoms with Crippen molar-refractivity contribution in [2.75, 3.05) is 23.5 Å². The average Bonchev–Trinajstić information content (AvgIpc) is 3.59. The lowest BCUT2D eigenvalue weighted by molar-refractivity contribution is -0.117. The Bertz CT molecular complexity index is 1260. The van der Waals surface area contributed by atoms with Crippen LogP contribution in [0.15, 0.2) is 54.7 Å². The number of rotatable bonds is 4. The molecule has 2 aromatic carbocycles. The lowest BCUT2D eigenvalue weighted by atomic mass is 10.0. The number of hydrogen-bond donors (Lipinski definition) is 0. The number of benzene rings is 2. The molecule has 1 aromatic heterocycles. The molecule has 34 heavy (non-hydrogen) atoms. The van der Waals surface area contributed by atoms with Crippen molar-refractivity contribution in [3.63, 3.8) is 0 Å². The molecule has 0 saturated heterocycles. The molecule has 1 aliphatic heterocycles. The summed E-state index contributed by atoms with van der Waals surface area (Å²) in [6.45, 7) is 5.93. The number of fused-ring (bicyclic) bond motifs is 1. The molecule has 3 aromatic rings. The quantitative estimate of drug-likeness (QED) is 0.512. The van der Waals surface area contributed by atoms with Crippen LogP contribution in [0.5, 0.6) is 11.5 Å². The maximum absolute atomic E-state index is 13.4. The van der Waals surface area contributed by atoms with Crippen molar-refractivity contribution in [2.45, 2.75) is 45.7 Å². The van der Waals surface area contributed by atoms with Crippen LogP contribution < -0.4 is 19.3 Å². The highest BCUT2D eigenvalue weighted by Gasteiger charge is 2.35. The van der Waals surface area contributed by atoms with Crippen molar-refractivity contribution in [1.29, 1.82) is 0 Å². The van der Waals surface area contributed by atoms with E-state index in [1.165, 1.54) is 25.6 Å². The first-order valence-electron chi connectivity index (χ1n) is 11.6. The van der Waals surface area contributed by atoms with Crippen molar-refractivity contribution in [3.8, 4) is 22.6 Å². The number of para-hydroxylation sites is 2. The monoisotopic (exact) mass is 459 g/mol. The highest BCUT2D eigenvalue weighted by molar-refractivity contribution is 6.03. The number of hydrogen-bond acceptors (Lipinski definition) is 4. The molecule has 1 aliphatic carbocycles. The van der Waals surface area contributed by atoms with Crippen molar-refractivity contribution in [2.24, 2.45) is 0 Å². The second-order valence-corrected chi connectivity index (χ2v) is 9.08. The van der Waals surface area contributed by atoms with Crippen LogP contribution in [0.25, 0.3) is 11.1 Å². The summed E-state index contributed by atoms with van der Waals surface area (Å²) in [7, 11) is 1.54. The third-order valence-corrected chi connectivity index (χ3v) is 6.56. The number of anilines is 2. The van der Waals surface area contributed by atoms with Crippen molar-refractivity contribution < 1.29 is 19.1 Å². The minimum Gasteiger partial charge on any atom is -0.493 e. The van der Waals surface area contributed by atoms with Crippen LogP contribution >= 0.6 is 0 Å². The fraction of sp³-hybridized carbons (Fsp3) is 0.333. The van der Waals surface area contributed by atoms with Crippen LogP contribution in [-0.4, -0.2) is 36.3 Å². The largest absolute Gasteiger partial charge is 0.493 e. The van der Waals surface area contributed by atoms with Gasteiger partial charge in [0.15, 0.2) is 11.5 Å². The lowest BCUT2D eigenvalue weighted by Crippen LogP contribution is -2.52. The first-order chi connectivity index (χ1) is 16.4. The van der Waals surface area contributed by atoms with Gasteiger partial charge in [-0.15, -0.1) is 0 Å². The summed E-state index contributed by atoms with van der Waals surface area (Å²) >= 11 is 0. The number of carbonyl (C=O) groups excluding carboxylic acids is 2. The van der Waals surface area contributed by atoms with Gasteiger partial charge in [-0.3, -0.25) is 9.69 Å². The first kappa shape index (κ1) is 22.1. The number of methoxy groups -OCH3 is 1. The summed E-state index contributed by atoms with van der Waals surface area (Å²) in [5, 5.41) is 0. The van der Waals surface area contributed by atoms with Gasteiger partial charge >= 0.3 is 6.09 Å². The van der Waals surface area contributed by atoms with Crippen molar-refractivity contribution in [3.05, 3.63) is 60.4 Å². The highest BCUT2D eigenvalue weighted by Crippen LogP contribution is 2.42. The standard InChI is InChI=1S/C27H29N3O4/c1-17-13-21(16-28(17)22-10-11-22)20-9-12-23-24(14-20)29(15-18(2)30(23)19(3)31)27(32)34-26-8-6-5-7-25(26)33-4/h5-9,12-14,16,18,22H,10-11,15H2,1-4H3/t18-/m0/s1. The van der Waals surface area contributed by atoms with E-state index in [1.807, 2.05) is 31.2 Å². The number of aromatic nitrogens is 1. The summed E-state index contributed by atoms with van der Waals surface area (Å²) in [6.07, 6.45) is 4.10. The Morgan fingerprint density at radius 2 is 1.71 bits per heavy atom. The smallest absolute Gasteiger partial charge is 0.420 e. The Labute approximate surface area is 199 Å². The van der Waals surface area contributed by atoms with E-state index in [-0.39, 0.29) is 11.9 Å². The van der Waals surface area contributed by atoms with Crippen LogP contribution in [0.2, 0.25) is 0 Å². The van der Waals surface area contributed by atoms with Gasteiger partial charge in [0, 0.05) is 31.4 Å². The van der Waals surface area contributed by atoms with E-state index in [0.29, 0.717) is 35.5 Å². The Morgan fingerprint density at radius 1 is 0.971 bits per heavy atom. The van der Waals surface area contributed by atoms with Gasteiger partial charge in [0.1, 0.15) is 0 Å². The maximum Gasteiger partial charge on any atom is 0.420 e. The Morgan fingerprint density at radius 3 is 2.38 bits per heavy atom. The SMILES string of the molecule is COc1ccccc1OC(=O)N1C[C@H](C)N(C(C)=O)c2ccc(-c3cc(C)n(C4CC4)c3)cc21. The Balaban J connectivity index is 1.54. The van der Waals surface area contributed by atoms with Gasteiger partial charge in [0.25, 0.3) is 0 Å². The third-order valence-electron chi connectivity index (χ3n) is 6.56. The zero-order valence-corrected chi connectivity index (χ0v) is 19.9. The summed E-state index contributed by atoms with van der Waals surface area (Å²) in [6, 6.07) is 15.6. The van der Waals surface area contributed by atoms with Crippen LogP contribution in [0.3, 0.4) is 0 Å². The summed E-state index contributed by atoms with van der Waals surface area (Å²) in [5.74, 6) is 0.776. The minimum absolute atomic E-state index is 0.0602. The van der Waals surface area contributed by atoms with Crippen LogP contribution in [-0.2, 0) is 4.79 Å². The molecule has 5 rings (SSSR count). The first-order valence-corrected chi connectivity index (χ1v) is 11.6. The summed E-state index contributed by atoms with van der Waals surface area (Å²) in [4.78, 5) is 29.2. The zero-order valence-electron chi connectivity index (χ0n) is 19.9. The molecule has 0 spiro atoms. The molecule has 1 saturated carbocycles. The summed E-state index contributed by atoms with van der Waals surface area (Å²) < 4.78 is 13.4. The molecular weight excluding hydrogens is 430 g/mol. The van der Waals surface area contributed by atoms with Gasteiger partial charge in [-0.25, -0.2) is 4.79 Å². The van der Waals surface area contributed by atoms with Gasteiger partial charge in [0.05, 0.1) is 24.5 Å². The van der Waals surface area contributed by atoms with E-state index in [0.717, 1.165) is 11.1 Å². The number of nitrogens with zero attached hydrogens (tertiary/aromatic N) is 3. The molecule has 7 heteroatoms. The van der Waals surface area contributed by atoms with Gasteiger partial charge in [-0.1, -0.05) is 18.2 Å².